The van der Waals surface area contributed by atoms with Gasteiger partial charge in [-0.05, 0) is 85.9 Å². The number of carbonyl (C=O) groups is 2. The summed E-state index contributed by atoms with van der Waals surface area (Å²) >= 11 is 0. The molecule has 3 saturated heterocycles. The minimum absolute atomic E-state index is 0.00313. The molecule has 1 aromatic heterocycles. The monoisotopic (exact) mass is 714 g/mol. The maximum atomic E-state index is 14.1. The fourth-order valence-corrected chi connectivity index (χ4v) is 7.90. The number of benzene rings is 1. The van der Waals surface area contributed by atoms with Gasteiger partial charge in [-0.3, -0.25) is 0 Å². The Balaban J connectivity index is 1.24. The zero-order chi connectivity index (χ0) is 36.2. The van der Waals surface area contributed by atoms with E-state index in [2.05, 4.69) is 20.9 Å². The minimum atomic E-state index is -3.13. The van der Waals surface area contributed by atoms with Crippen LogP contribution in [0, 0.1) is 6.92 Å². The van der Waals surface area contributed by atoms with Gasteiger partial charge in [-0.15, -0.1) is 0 Å². The molecule has 0 spiro atoms. The van der Waals surface area contributed by atoms with Crippen LogP contribution in [0.5, 0.6) is 5.75 Å². The van der Waals surface area contributed by atoms with Crippen molar-refractivity contribution in [2.24, 2.45) is 0 Å². The number of aryl methyl sites for hydroxylation is 1. The van der Waals surface area contributed by atoms with Crippen LogP contribution in [0.2, 0.25) is 0 Å². The van der Waals surface area contributed by atoms with Gasteiger partial charge in [0.2, 0.25) is 0 Å². The van der Waals surface area contributed by atoms with Crippen LogP contribution < -0.4 is 19.4 Å². The lowest BCUT2D eigenvalue weighted by Gasteiger charge is -2.42. The number of nitrogens with zero attached hydrogens (tertiary/aromatic N) is 6. The number of fused-ring (bicyclic) bond motifs is 2. The van der Waals surface area contributed by atoms with Gasteiger partial charge in [0.15, 0.2) is 15.7 Å². The third-order valence-electron chi connectivity index (χ3n) is 9.15. The first kappa shape index (κ1) is 36.0. The molecule has 274 valence electrons. The molecular formula is C35H50N6O8S. The highest BCUT2D eigenvalue weighted by atomic mass is 32.2. The number of anilines is 4. The van der Waals surface area contributed by atoms with E-state index in [0.29, 0.717) is 41.7 Å². The van der Waals surface area contributed by atoms with Gasteiger partial charge in [-0.2, -0.15) is 0 Å². The summed E-state index contributed by atoms with van der Waals surface area (Å²) in [5, 5.41) is 0. The van der Waals surface area contributed by atoms with Gasteiger partial charge < -0.3 is 33.6 Å². The van der Waals surface area contributed by atoms with E-state index < -0.39 is 33.2 Å². The first-order valence-electron chi connectivity index (χ1n) is 17.4. The van der Waals surface area contributed by atoms with Crippen LogP contribution in [0.4, 0.5) is 32.6 Å². The Bertz CT molecular complexity index is 1710. The van der Waals surface area contributed by atoms with Gasteiger partial charge in [-0.25, -0.2) is 32.9 Å². The molecule has 4 aliphatic rings. The van der Waals surface area contributed by atoms with Crippen molar-refractivity contribution >= 4 is 45.0 Å². The first-order chi connectivity index (χ1) is 23.4. The number of piperidine rings is 1. The maximum Gasteiger partial charge on any atom is 0.420 e. The second-order valence-corrected chi connectivity index (χ2v) is 17.9. The smallest absolute Gasteiger partial charge is 0.420 e. The Morgan fingerprint density at radius 3 is 2.06 bits per heavy atom. The maximum absolute atomic E-state index is 14.1. The minimum Gasteiger partial charge on any atom is -0.483 e. The number of aromatic nitrogens is 2. The zero-order valence-corrected chi connectivity index (χ0v) is 31.2. The van der Waals surface area contributed by atoms with Crippen molar-refractivity contribution < 1.29 is 37.0 Å². The summed E-state index contributed by atoms with van der Waals surface area (Å²) in [6.07, 6.45) is 1.64. The zero-order valence-electron chi connectivity index (χ0n) is 30.4. The van der Waals surface area contributed by atoms with Gasteiger partial charge in [-0.1, -0.05) is 0 Å². The molecule has 1 aromatic carbocycles. The molecule has 14 nitrogen and oxygen atoms in total. The van der Waals surface area contributed by atoms with Crippen molar-refractivity contribution in [1.29, 1.82) is 0 Å². The Kier molecular flexibility index (Phi) is 9.61. The summed E-state index contributed by atoms with van der Waals surface area (Å²) < 4.78 is 48.9. The average molecular weight is 715 g/mol. The lowest BCUT2D eigenvalue weighted by Crippen LogP contribution is -2.57. The van der Waals surface area contributed by atoms with Crippen LogP contribution in [0.3, 0.4) is 0 Å². The number of ether oxygens (including phenoxy) is 4. The van der Waals surface area contributed by atoms with Crippen LogP contribution in [-0.2, 0) is 24.0 Å². The second kappa shape index (κ2) is 13.4. The fraction of sp³-hybridized carbons (Fsp3) is 0.657. The first-order valence-corrected chi connectivity index (χ1v) is 19.2. The third kappa shape index (κ3) is 7.88. The van der Waals surface area contributed by atoms with E-state index in [9.17, 15) is 18.0 Å². The Morgan fingerprint density at radius 1 is 0.840 bits per heavy atom. The van der Waals surface area contributed by atoms with Crippen LogP contribution in [0.1, 0.15) is 78.5 Å². The summed E-state index contributed by atoms with van der Waals surface area (Å²) in [5.74, 6) is 1.46. The number of likely N-dealkylation sites (tertiary alicyclic amines) is 1. The van der Waals surface area contributed by atoms with Crippen LogP contribution in [0.15, 0.2) is 18.5 Å². The third-order valence-corrected chi connectivity index (χ3v) is 10.8. The van der Waals surface area contributed by atoms with E-state index in [-0.39, 0.29) is 42.9 Å². The Hall–Kier alpha value is -3.85. The van der Waals surface area contributed by atoms with Crippen molar-refractivity contribution in [3.63, 3.8) is 0 Å². The summed E-state index contributed by atoms with van der Waals surface area (Å²) in [7, 11) is -3.13. The molecule has 0 saturated carbocycles. The molecule has 0 radical (unpaired) electrons. The summed E-state index contributed by atoms with van der Waals surface area (Å²) in [4.78, 5) is 43.0. The van der Waals surface area contributed by atoms with E-state index in [4.69, 9.17) is 18.9 Å². The molecule has 6 rings (SSSR count). The van der Waals surface area contributed by atoms with E-state index in [1.165, 1.54) is 11.2 Å². The van der Waals surface area contributed by atoms with Gasteiger partial charge >= 0.3 is 12.2 Å². The number of hydrogen-bond donors (Lipinski definition) is 0. The predicted octanol–water partition coefficient (Wildman–Crippen LogP) is 5.15. The highest BCUT2D eigenvalue weighted by molar-refractivity contribution is 7.91. The highest BCUT2D eigenvalue weighted by Crippen LogP contribution is 2.48. The molecule has 0 bridgehead atoms. The lowest BCUT2D eigenvalue weighted by molar-refractivity contribution is -0.0981. The van der Waals surface area contributed by atoms with Gasteiger partial charge in [0.25, 0.3) is 0 Å². The van der Waals surface area contributed by atoms with Crippen LogP contribution in [0.25, 0.3) is 0 Å². The van der Waals surface area contributed by atoms with E-state index in [1.807, 2.05) is 66.4 Å². The number of rotatable bonds is 4. The quantitative estimate of drug-likeness (QED) is 0.413. The molecule has 15 heteroatoms. The van der Waals surface area contributed by atoms with Crippen molar-refractivity contribution in [1.82, 2.24) is 14.9 Å². The molecule has 1 atom stereocenters. The fourth-order valence-electron chi connectivity index (χ4n) is 6.70. The van der Waals surface area contributed by atoms with Crippen LogP contribution >= 0.6 is 0 Å². The van der Waals surface area contributed by atoms with Gasteiger partial charge in [0, 0.05) is 31.9 Å². The molecular weight excluding hydrogens is 664 g/mol. The SMILES string of the molecule is Cc1cc(N2CCC(OC3CN(C(=O)OC(C)(C)C)C3)CC2)cc2c1O[C@H](C)c1c(N3CCS(=O)(=O)CC3)ncnc1N2C(=O)OC(C)(C)C. The molecule has 0 N–H and O–H groups in total. The van der Waals surface area contributed by atoms with E-state index >= 15 is 0 Å². The normalized spacial score (nSPS) is 21.4. The van der Waals surface area contributed by atoms with Crippen molar-refractivity contribution in [2.45, 2.75) is 97.7 Å². The lowest BCUT2D eigenvalue weighted by atomic mass is 10.0. The molecule has 4 aliphatic heterocycles. The standard InChI is InChI=1S/C35H50N6O8S/c1-22-17-24(38-11-9-25(10-12-38)47-26-19-40(20-26)32(42)48-34(3,4)5)18-27-29(22)46-23(2)28-30(39-13-15-50(44,45)16-14-39)36-21-37-31(28)41(27)33(43)49-35(6,7)8/h17-18,21,23,25-26H,9-16,19-20H2,1-8H3/t23-/m1/s1. The predicted molar refractivity (Wildman–Crippen MR) is 189 cm³/mol. The Labute approximate surface area is 294 Å². The summed E-state index contributed by atoms with van der Waals surface area (Å²) in [6, 6.07) is 4.03. The van der Waals surface area contributed by atoms with Gasteiger partial charge in [0.1, 0.15) is 35.2 Å². The molecule has 2 amide bonds. The van der Waals surface area contributed by atoms with Crippen LogP contribution in [-0.4, -0.2) is 110 Å². The van der Waals surface area contributed by atoms with E-state index in [1.54, 1.807) is 4.90 Å². The molecule has 50 heavy (non-hydrogen) atoms. The number of sulfone groups is 1. The summed E-state index contributed by atoms with van der Waals surface area (Å²) in [6.45, 7) is 18.0. The number of amides is 2. The molecule has 5 heterocycles. The Morgan fingerprint density at radius 2 is 1.44 bits per heavy atom. The van der Waals surface area contributed by atoms with Gasteiger partial charge in [0.05, 0.1) is 48.1 Å². The number of hydrogen-bond acceptors (Lipinski definition) is 12. The topological polar surface area (TPSA) is 144 Å². The summed E-state index contributed by atoms with van der Waals surface area (Å²) in [5.41, 5.74) is 1.57. The molecule has 2 aromatic rings. The van der Waals surface area contributed by atoms with Crippen molar-refractivity contribution in [3.8, 4) is 5.75 Å². The molecule has 0 unspecified atom stereocenters. The number of carbonyl (C=O) groups excluding carboxylic acids is 2. The highest BCUT2D eigenvalue weighted by Gasteiger charge is 2.40. The largest absolute Gasteiger partial charge is 0.483 e. The second-order valence-electron chi connectivity index (χ2n) is 15.6. The van der Waals surface area contributed by atoms with Crippen molar-refractivity contribution in [2.75, 3.05) is 65.5 Å². The molecule has 3 fully saturated rings. The average Bonchev–Trinajstić information content (AvgIpc) is 3.11. The van der Waals surface area contributed by atoms with E-state index in [0.717, 1.165) is 37.2 Å². The molecule has 0 aliphatic carbocycles. The van der Waals surface area contributed by atoms with Crippen molar-refractivity contribution in [3.05, 3.63) is 29.6 Å².